The second-order valence-electron chi connectivity index (χ2n) is 4.96. The van der Waals surface area contributed by atoms with E-state index in [2.05, 4.69) is 4.98 Å². The molecule has 1 aromatic heterocycles. The zero-order valence-corrected chi connectivity index (χ0v) is 14.1. The molecule has 0 saturated heterocycles. The number of hydrogen-bond donors (Lipinski definition) is 0. The van der Waals surface area contributed by atoms with Gasteiger partial charge in [0.2, 0.25) is 0 Å². The summed E-state index contributed by atoms with van der Waals surface area (Å²) in [6.45, 7) is 0.153. The number of rotatable bonds is 5. The topological polar surface area (TPSA) is 44.1 Å². The van der Waals surface area contributed by atoms with Gasteiger partial charge >= 0.3 is 5.97 Å². The summed E-state index contributed by atoms with van der Waals surface area (Å²) in [6.07, 6.45) is 0. The van der Waals surface area contributed by atoms with Crippen LogP contribution in [0, 0.1) is 0 Å². The van der Waals surface area contributed by atoms with Crippen LogP contribution in [-0.2, 0) is 21.8 Å². The quantitative estimate of drug-likeness (QED) is 0.514. The second kappa shape index (κ2) is 7.06. The van der Waals surface area contributed by atoms with E-state index in [1.165, 1.54) is 7.11 Å². The fourth-order valence-corrected chi connectivity index (χ4v) is 3.33. The van der Waals surface area contributed by atoms with E-state index < -0.39 is 0 Å². The fourth-order valence-electron chi connectivity index (χ4n) is 2.24. The molecule has 0 bridgehead atoms. The summed E-state index contributed by atoms with van der Waals surface area (Å²) in [4.78, 5) is 16.3. The molecule has 3 rings (SSSR count). The Balaban J connectivity index is 1.87. The standard InChI is InChI=1S/C17H15ClN2O2S/c1-22-16(21)10-20-15-5-3-2-4-14(15)19-17(20)23-11-12-6-8-13(18)9-7-12/h2-9H,10-11H2,1H3. The molecule has 0 saturated carbocycles. The predicted octanol–water partition coefficient (Wildman–Crippen LogP) is 4.16. The van der Waals surface area contributed by atoms with Crippen molar-refractivity contribution in [3.05, 3.63) is 59.1 Å². The average Bonchev–Trinajstić information content (AvgIpc) is 2.92. The largest absolute Gasteiger partial charge is 0.468 e. The lowest BCUT2D eigenvalue weighted by Crippen LogP contribution is -2.12. The molecule has 1 heterocycles. The number of thioether (sulfide) groups is 1. The molecule has 0 spiro atoms. The molecule has 0 aliphatic heterocycles. The number of benzene rings is 2. The Labute approximate surface area is 143 Å². The van der Waals surface area contributed by atoms with Crippen molar-refractivity contribution in [2.75, 3.05) is 7.11 Å². The number of aromatic nitrogens is 2. The zero-order chi connectivity index (χ0) is 16.2. The van der Waals surface area contributed by atoms with Crippen LogP contribution >= 0.6 is 23.4 Å². The smallest absolute Gasteiger partial charge is 0.325 e. The van der Waals surface area contributed by atoms with Crippen LogP contribution < -0.4 is 0 Å². The number of nitrogens with zero attached hydrogens (tertiary/aromatic N) is 2. The number of esters is 1. The summed E-state index contributed by atoms with van der Waals surface area (Å²) in [5.74, 6) is 0.461. The van der Waals surface area contributed by atoms with Gasteiger partial charge < -0.3 is 9.30 Å². The van der Waals surface area contributed by atoms with Gasteiger partial charge in [0.25, 0.3) is 0 Å². The number of methoxy groups -OCH3 is 1. The van der Waals surface area contributed by atoms with Crippen LogP contribution in [0.15, 0.2) is 53.7 Å². The zero-order valence-electron chi connectivity index (χ0n) is 12.5. The van der Waals surface area contributed by atoms with E-state index in [-0.39, 0.29) is 12.5 Å². The van der Waals surface area contributed by atoms with Crippen molar-refractivity contribution in [2.24, 2.45) is 0 Å². The summed E-state index contributed by atoms with van der Waals surface area (Å²) in [5.41, 5.74) is 2.95. The van der Waals surface area contributed by atoms with Gasteiger partial charge in [-0.15, -0.1) is 0 Å². The number of halogens is 1. The minimum Gasteiger partial charge on any atom is -0.468 e. The second-order valence-corrected chi connectivity index (χ2v) is 6.34. The van der Waals surface area contributed by atoms with Crippen molar-refractivity contribution in [3.63, 3.8) is 0 Å². The minimum atomic E-state index is -0.290. The van der Waals surface area contributed by atoms with E-state index in [0.29, 0.717) is 0 Å². The van der Waals surface area contributed by atoms with E-state index in [0.717, 1.165) is 32.5 Å². The molecule has 3 aromatic rings. The third-order valence-electron chi connectivity index (χ3n) is 3.42. The van der Waals surface area contributed by atoms with Crippen LogP contribution in [-0.4, -0.2) is 22.6 Å². The maximum absolute atomic E-state index is 11.7. The number of fused-ring (bicyclic) bond motifs is 1. The van der Waals surface area contributed by atoms with Crippen molar-refractivity contribution >= 4 is 40.4 Å². The molecule has 0 radical (unpaired) electrons. The first-order valence-electron chi connectivity index (χ1n) is 7.06. The fraction of sp³-hybridized carbons (Fsp3) is 0.176. The number of hydrogen-bond acceptors (Lipinski definition) is 4. The Morgan fingerprint density at radius 2 is 1.96 bits per heavy atom. The lowest BCUT2D eigenvalue weighted by molar-refractivity contribution is -0.141. The Hall–Kier alpha value is -1.98. The molecule has 0 unspecified atom stereocenters. The molecule has 118 valence electrons. The maximum Gasteiger partial charge on any atom is 0.325 e. The molecule has 23 heavy (non-hydrogen) atoms. The number of carbonyl (C=O) groups excluding carboxylic acids is 1. The van der Waals surface area contributed by atoms with Crippen molar-refractivity contribution in [3.8, 4) is 0 Å². The van der Waals surface area contributed by atoms with Crippen LogP contribution in [0.4, 0.5) is 0 Å². The molecule has 0 aliphatic rings. The summed E-state index contributed by atoms with van der Waals surface area (Å²) in [7, 11) is 1.39. The monoisotopic (exact) mass is 346 g/mol. The lowest BCUT2D eigenvalue weighted by Gasteiger charge is -2.07. The highest BCUT2D eigenvalue weighted by Crippen LogP contribution is 2.27. The summed E-state index contributed by atoms with van der Waals surface area (Å²) >= 11 is 7.49. The van der Waals surface area contributed by atoms with Gasteiger partial charge in [-0.2, -0.15) is 0 Å². The molecule has 4 nitrogen and oxygen atoms in total. The van der Waals surface area contributed by atoms with Gasteiger partial charge in [-0.3, -0.25) is 4.79 Å². The Morgan fingerprint density at radius 1 is 1.22 bits per heavy atom. The highest BCUT2D eigenvalue weighted by atomic mass is 35.5. The molecule has 0 fully saturated rings. The summed E-state index contributed by atoms with van der Waals surface area (Å²) in [6, 6.07) is 15.5. The van der Waals surface area contributed by atoms with Crippen molar-refractivity contribution in [2.45, 2.75) is 17.5 Å². The van der Waals surface area contributed by atoms with Gasteiger partial charge in [0, 0.05) is 10.8 Å². The first-order chi connectivity index (χ1) is 11.2. The molecule has 0 atom stereocenters. The molecule has 6 heteroatoms. The minimum absolute atomic E-state index is 0.153. The van der Waals surface area contributed by atoms with E-state index in [9.17, 15) is 4.79 Å². The van der Waals surface area contributed by atoms with Crippen LogP contribution in [0.2, 0.25) is 5.02 Å². The van der Waals surface area contributed by atoms with Crippen LogP contribution in [0.3, 0.4) is 0 Å². The van der Waals surface area contributed by atoms with Gasteiger partial charge in [0.1, 0.15) is 6.54 Å². The molecule has 0 aliphatic carbocycles. The third-order valence-corrected chi connectivity index (χ3v) is 4.72. The summed E-state index contributed by atoms with van der Waals surface area (Å²) < 4.78 is 6.68. The number of ether oxygens (including phenoxy) is 1. The average molecular weight is 347 g/mol. The predicted molar refractivity (Wildman–Crippen MR) is 92.8 cm³/mol. The van der Waals surface area contributed by atoms with Crippen molar-refractivity contribution in [1.29, 1.82) is 0 Å². The van der Waals surface area contributed by atoms with E-state index in [4.69, 9.17) is 16.3 Å². The molecular formula is C17H15ClN2O2S. The Kier molecular flexibility index (Phi) is 4.88. The highest BCUT2D eigenvalue weighted by Gasteiger charge is 2.14. The van der Waals surface area contributed by atoms with Crippen molar-refractivity contribution in [1.82, 2.24) is 9.55 Å². The first kappa shape index (κ1) is 15.9. The van der Waals surface area contributed by atoms with Crippen LogP contribution in [0.5, 0.6) is 0 Å². The van der Waals surface area contributed by atoms with Crippen molar-refractivity contribution < 1.29 is 9.53 Å². The molecule has 0 amide bonds. The first-order valence-corrected chi connectivity index (χ1v) is 8.43. The number of imidazole rings is 1. The lowest BCUT2D eigenvalue weighted by atomic mass is 10.2. The van der Waals surface area contributed by atoms with Gasteiger partial charge in [-0.1, -0.05) is 47.6 Å². The van der Waals surface area contributed by atoms with Gasteiger partial charge in [-0.05, 0) is 29.8 Å². The molecular weight excluding hydrogens is 332 g/mol. The SMILES string of the molecule is COC(=O)Cn1c(SCc2ccc(Cl)cc2)nc2ccccc21. The van der Waals surface area contributed by atoms with Gasteiger partial charge in [0.05, 0.1) is 18.1 Å². The van der Waals surface area contributed by atoms with Gasteiger partial charge in [-0.25, -0.2) is 4.98 Å². The maximum atomic E-state index is 11.7. The highest BCUT2D eigenvalue weighted by molar-refractivity contribution is 7.98. The third kappa shape index (κ3) is 3.68. The molecule has 2 aromatic carbocycles. The van der Waals surface area contributed by atoms with Gasteiger partial charge in [0.15, 0.2) is 5.16 Å². The van der Waals surface area contributed by atoms with Crippen LogP contribution in [0.1, 0.15) is 5.56 Å². The van der Waals surface area contributed by atoms with Crippen LogP contribution in [0.25, 0.3) is 11.0 Å². The Morgan fingerprint density at radius 3 is 2.70 bits per heavy atom. The number of carbonyl (C=O) groups is 1. The van der Waals surface area contributed by atoms with E-state index in [1.807, 2.05) is 53.1 Å². The summed E-state index contributed by atoms with van der Waals surface area (Å²) in [5, 5.41) is 1.52. The number of para-hydroxylation sites is 2. The normalized spacial score (nSPS) is 10.9. The Bertz CT molecular complexity index is 830. The van der Waals surface area contributed by atoms with E-state index >= 15 is 0 Å². The van der Waals surface area contributed by atoms with E-state index in [1.54, 1.807) is 11.8 Å². The molecule has 0 N–H and O–H groups in total.